The molecule has 31 heavy (non-hydrogen) atoms. The number of halogens is 2. The Hall–Kier alpha value is -3.35. The molecule has 1 N–H and O–H groups in total. The lowest BCUT2D eigenvalue weighted by atomic mass is 9.95. The molecule has 4 rings (SSSR count). The minimum Gasteiger partial charge on any atom is -0.507 e. The van der Waals surface area contributed by atoms with Gasteiger partial charge in [0.1, 0.15) is 17.3 Å². The van der Waals surface area contributed by atoms with E-state index in [1.165, 1.54) is 24.3 Å². The molecule has 2 heterocycles. The number of rotatable bonds is 4. The fraction of sp³-hybridized carbons (Fsp3) is 0.0870. The van der Waals surface area contributed by atoms with Crippen LogP contribution >= 0.6 is 23.2 Å². The summed E-state index contributed by atoms with van der Waals surface area (Å²) in [5.74, 6) is -1.26. The second kappa shape index (κ2) is 8.41. The fourth-order valence-corrected chi connectivity index (χ4v) is 3.88. The number of aliphatic hydroxyl groups is 1. The van der Waals surface area contributed by atoms with Gasteiger partial charge in [0.05, 0.1) is 23.7 Å². The van der Waals surface area contributed by atoms with Gasteiger partial charge in [0, 0.05) is 16.8 Å². The van der Waals surface area contributed by atoms with E-state index in [4.69, 9.17) is 27.9 Å². The SMILES string of the molecule is COc1ccc(C(O)=C2C(=O)C(=O)N(c3ccccn3)C2c2ccc(Cl)cc2)cc1Cl. The molecule has 1 aliphatic heterocycles. The Bertz CT molecular complexity index is 1190. The van der Waals surface area contributed by atoms with Gasteiger partial charge < -0.3 is 9.84 Å². The molecule has 0 bridgehead atoms. The normalized spacial score (nSPS) is 17.8. The van der Waals surface area contributed by atoms with Crippen LogP contribution in [0.4, 0.5) is 5.82 Å². The standard InChI is InChI=1S/C23H16Cl2N2O4/c1-31-17-10-7-14(12-16(17)25)21(28)19-20(13-5-8-15(24)9-6-13)27(23(30)22(19)29)18-4-2-3-11-26-18/h2-12,20,28H,1H3. The first kappa shape index (κ1) is 20.9. The smallest absolute Gasteiger partial charge is 0.301 e. The van der Waals surface area contributed by atoms with Crippen molar-refractivity contribution in [3.05, 3.63) is 93.6 Å². The number of anilines is 1. The second-order valence-electron chi connectivity index (χ2n) is 6.76. The van der Waals surface area contributed by atoms with E-state index < -0.39 is 17.7 Å². The van der Waals surface area contributed by atoms with Gasteiger partial charge in [-0.1, -0.05) is 41.4 Å². The van der Waals surface area contributed by atoms with E-state index in [1.807, 2.05) is 0 Å². The number of carbonyl (C=O) groups excluding carboxylic acids is 2. The van der Waals surface area contributed by atoms with Gasteiger partial charge in [-0.3, -0.25) is 14.5 Å². The maximum Gasteiger partial charge on any atom is 0.301 e. The van der Waals surface area contributed by atoms with Crippen molar-refractivity contribution >= 4 is 46.5 Å². The first-order valence-corrected chi connectivity index (χ1v) is 9.99. The molecule has 3 aromatic rings. The molecule has 0 spiro atoms. The first-order valence-electron chi connectivity index (χ1n) is 9.23. The Morgan fingerprint density at radius 1 is 1.06 bits per heavy atom. The van der Waals surface area contributed by atoms with Gasteiger partial charge in [0.15, 0.2) is 0 Å². The number of benzene rings is 2. The van der Waals surface area contributed by atoms with E-state index in [2.05, 4.69) is 4.98 Å². The van der Waals surface area contributed by atoms with E-state index in [1.54, 1.807) is 54.6 Å². The molecular formula is C23H16Cl2N2O4. The monoisotopic (exact) mass is 454 g/mol. The lowest BCUT2D eigenvalue weighted by molar-refractivity contribution is -0.132. The number of ketones is 1. The maximum absolute atomic E-state index is 13.0. The van der Waals surface area contributed by atoms with Crippen molar-refractivity contribution in [1.82, 2.24) is 4.98 Å². The summed E-state index contributed by atoms with van der Waals surface area (Å²) < 4.78 is 5.14. The number of nitrogens with zero attached hydrogens (tertiary/aromatic N) is 2. The number of hydrogen-bond donors (Lipinski definition) is 1. The van der Waals surface area contributed by atoms with Crippen molar-refractivity contribution in [2.45, 2.75) is 6.04 Å². The molecule has 6 nitrogen and oxygen atoms in total. The number of hydrogen-bond acceptors (Lipinski definition) is 5. The number of Topliss-reactive ketones (excluding diaryl/α,β-unsaturated/α-hetero) is 1. The molecule has 1 aromatic heterocycles. The minimum absolute atomic E-state index is 0.0702. The van der Waals surface area contributed by atoms with Crippen LogP contribution in [-0.2, 0) is 9.59 Å². The number of aromatic nitrogens is 1. The number of carbonyl (C=O) groups is 2. The zero-order chi connectivity index (χ0) is 22.1. The number of methoxy groups -OCH3 is 1. The molecule has 1 aliphatic rings. The molecule has 1 fully saturated rings. The molecule has 1 unspecified atom stereocenters. The fourth-order valence-electron chi connectivity index (χ4n) is 3.49. The zero-order valence-electron chi connectivity index (χ0n) is 16.3. The van der Waals surface area contributed by atoms with Crippen LogP contribution in [0.15, 0.2) is 72.4 Å². The molecular weight excluding hydrogens is 439 g/mol. The van der Waals surface area contributed by atoms with Crippen LogP contribution in [0.25, 0.3) is 5.76 Å². The summed E-state index contributed by atoms with van der Waals surface area (Å²) in [6.45, 7) is 0. The number of amides is 1. The largest absolute Gasteiger partial charge is 0.507 e. The van der Waals surface area contributed by atoms with Gasteiger partial charge in [-0.05, 0) is 48.0 Å². The molecule has 156 valence electrons. The topological polar surface area (TPSA) is 79.7 Å². The molecule has 1 saturated heterocycles. The van der Waals surface area contributed by atoms with Crippen LogP contribution in [0.3, 0.4) is 0 Å². The van der Waals surface area contributed by atoms with Crippen molar-refractivity contribution in [2.24, 2.45) is 0 Å². The van der Waals surface area contributed by atoms with E-state index in [9.17, 15) is 14.7 Å². The predicted octanol–water partition coefficient (Wildman–Crippen LogP) is 5.02. The van der Waals surface area contributed by atoms with Crippen molar-refractivity contribution in [1.29, 1.82) is 0 Å². The van der Waals surface area contributed by atoms with Gasteiger partial charge in [0.25, 0.3) is 5.78 Å². The number of aliphatic hydroxyl groups excluding tert-OH is 1. The summed E-state index contributed by atoms with van der Waals surface area (Å²) in [6, 6.07) is 15.5. The van der Waals surface area contributed by atoms with Crippen LogP contribution in [0.2, 0.25) is 10.0 Å². The highest BCUT2D eigenvalue weighted by molar-refractivity contribution is 6.51. The van der Waals surface area contributed by atoms with Crippen LogP contribution in [0, 0.1) is 0 Å². The predicted molar refractivity (Wildman–Crippen MR) is 118 cm³/mol. The van der Waals surface area contributed by atoms with Gasteiger partial charge in [0.2, 0.25) is 0 Å². The second-order valence-corrected chi connectivity index (χ2v) is 7.60. The maximum atomic E-state index is 13.0. The average molecular weight is 455 g/mol. The molecule has 1 amide bonds. The molecule has 0 aliphatic carbocycles. The Morgan fingerprint density at radius 2 is 1.81 bits per heavy atom. The van der Waals surface area contributed by atoms with Crippen LogP contribution in [0.1, 0.15) is 17.2 Å². The number of ether oxygens (including phenoxy) is 1. The summed E-state index contributed by atoms with van der Waals surface area (Å²) in [5.41, 5.74) is 0.804. The van der Waals surface area contributed by atoms with Gasteiger partial charge in [-0.25, -0.2) is 4.98 Å². The molecule has 0 radical (unpaired) electrons. The van der Waals surface area contributed by atoms with Crippen LogP contribution in [0.5, 0.6) is 5.75 Å². The summed E-state index contributed by atoms with van der Waals surface area (Å²) in [4.78, 5) is 31.5. The third-order valence-electron chi connectivity index (χ3n) is 4.95. The van der Waals surface area contributed by atoms with E-state index >= 15 is 0 Å². The summed E-state index contributed by atoms with van der Waals surface area (Å²) >= 11 is 12.2. The van der Waals surface area contributed by atoms with Crippen LogP contribution < -0.4 is 9.64 Å². The Kier molecular flexibility index (Phi) is 5.67. The van der Waals surface area contributed by atoms with E-state index in [0.29, 0.717) is 16.3 Å². The highest BCUT2D eigenvalue weighted by atomic mass is 35.5. The Balaban J connectivity index is 1.93. The number of pyridine rings is 1. The third-order valence-corrected chi connectivity index (χ3v) is 5.50. The van der Waals surface area contributed by atoms with Gasteiger partial charge in [-0.15, -0.1) is 0 Å². The summed E-state index contributed by atoms with van der Waals surface area (Å²) in [6.07, 6.45) is 1.52. The lowest BCUT2D eigenvalue weighted by Crippen LogP contribution is -2.30. The lowest BCUT2D eigenvalue weighted by Gasteiger charge is -2.24. The summed E-state index contributed by atoms with van der Waals surface area (Å²) in [5, 5.41) is 11.8. The van der Waals surface area contributed by atoms with Crippen molar-refractivity contribution in [2.75, 3.05) is 12.0 Å². The highest BCUT2D eigenvalue weighted by Gasteiger charge is 2.47. The average Bonchev–Trinajstić information content (AvgIpc) is 3.05. The zero-order valence-corrected chi connectivity index (χ0v) is 17.8. The molecule has 0 saturated carbocycles. The quantitative estimate of drug-likeness (QED) is 0.340. The Morgan fingerprint density at radius 3 is 2.42 bits per heavy atom. The van der Waals surface area contributed by atoms with Crippen LogP contribution in [-0.4, -0.2) is 28.9 Å². The van der Waals surface area contributed by atoms with Crippen molar-refractivity contribution in [3.63, 3.8) is 0 Å². The van der Waals surface area contributed by atoms with E-state index in [-0.39, 0.29) is 27.7 Å². The molecule has 1 atom stereocenters. The molecule has 2 aromatic carbocycles. The van der Waals surface area contributed by atoms with Crippen molar-refractivity contribution in [3.8, 4) is 5.75 Å². The van der Waals surface area contributed by atoms with Gasteiger partial charge >= 0.3 is 5.91 Å². The third kappa shape index (κ3) is 3.76. The molecule has 8 heteroatoms. The van der Waals surface area contributed by atoms with Gasteiger partial charge in [-0.2, -0.15) is 0 Å². The first-order chi connectivity index (χ1) is 14.9. The highest BCUT2D eigenvalue weighted by Crippen LogP contribution is 2.42. The minimum atomic E-state index is -0.895. The summed E-state index contributed by atoms with van der Waals surface area (Å²) in [7, 11) is 1.47. The van der Waals surface area contributed by atoms with Crippen molar-refractivity contribution < 1.29 is 19.4 Å². The Labute approximate surface area is 188 Å². The van der Waals surface area contributed by atoms with E-state index in [0.717, 1.165) is 0 Å².